The smallest absolute Gasteiger partial charge is 0.0571 e. The lowest BCUT2D eigenvalue weighted by Crippen LogP contribution is -2.37. The number of fused-ring (bicyclic) bond motifs is 1. The Balaban J connectivity index is 1.92. The van der Waals surface area contributed by atoms with E-state index in [0.29, 0.717) is 5.92 Å². The summed E-state index contributed by atoms with van der Waals surface area (Å²) in [7, 11) is 0. The molecule has 10 heavy (non-hydrogen) atoms. The molecule has 0 aromatic carbocycles. The molecule has 3 rings (SSSR count). The number of aliphatic hydroxyl groups excluding tert-OH is 1. The largest absolute Gasteiger partial charge is 0.393 e. The van der Waals surface area contributed by atoms with Gasteiger partial charge in [-0.05, 0) is 49.4 Å². The van der Waals surface area contributed by atoms with Crippen molar-refractivity contribution in [3.63, 3.8) is 0 Å². The van der Waals surface area contributed by atoms with Crippen molar-refractivity contribution >= 4 is 0 Å². The Kier molecular flexibility index (Phi) is 0.883. The van der Waals surface area contributed by atoms with Crippen LogP contribution in [0.2, 0.25) is 0 Å². The van der Waals surface area contributed by atoms with Crippen LogP contribution in [0.15, 0.2) is 0 Å². The predicted octanol–water partition coefficient (Wildman–Crippen LogP) is 1.41. The summed E-state index contributed by atoms with van der Waals surface area (Å²) in [5.74, 6) is 3.72. The fourth-order valence-electron chi connectivity index (χ4n) is 3.51. The first-order valence-corrected chi connectivity index (χ1v) is 4.52. The highest BCUT2D eigenvalue weighted by atomic mass is 16.3. The van der Waals surface area contributed by atoms with Crippen LogP contribution in [0.4, 0.5) is 0 Å². The van der Waals surface area contributed by atoms with Crippen LogP contribution in [-0.4, -0.2) is 11.2 Å². The van der Waals surface area contributed by atoms with Crippen molar-refractivity contribution in [2.45, 2.75) is 31.8 Å². The molecule has 3 aliphatic carbocycles. The molecule has 1 nitrogen and oxygen atoms in total. The van der Waals surface area contributed by atoms with Gasteiger partial charge in [-0.15, -0.1) is 0 Å². The summed E-state index contributed by atoms with van der Waals surface area (Å²) in [5.41, 5.74) is 0. The first kappa shape index (κ1) is 5.59. The molecule has 3 saturated carbocycles. The van der Waals surface area contributed by atoms with Crippen molar-refractivity contribution in [2.24, 2.45) is 23.7 Å². The summed E-state index contributed by atoms with van der Waals surface area (Å²) >= 11 is 0. The molecule has 2 bridgehead atoms. The van der Waals surface area contributed by atoms with Gasteiger partial charge in [0, 0.05) is 0 Å². The minimum Gasteiger partial charge on any atom is -0.393 e. The molecule has 0 aliphatic heterocycles. The van der Waals surface area contributed by atoms with E-state index in [1.165, 1.54) is 19.3 Å². The molecule has 56 valence electrons. The van der Waals surface area contributed by atoms with Crippen LogP contribution in [0.3, 0.4) is 0 Å². The van der Waals surface area contributed by atoms with E-state index in [9.17, 15) is 5.11 Å². The van der Waals surface area contributed by atoms with Gasteiger partial charge >= 0.3 is 0 Å². The Morgan fingerprint density at radius 3 is 2.40 bits per heavy atom. The summed E-state index contributed by atoms with van der Waals surface area (Å²) in [5, 5.41) is 9.59. The summed E-state index contributed by atoms with van der Waals surface area (Å²) in [4.78, 5) is 0. The molecular formula is C9H14O. The maximum Gasteiger partial charge on any atom is 0.0571 e. The number of hydrogen-bond acceptors (Lipinski definition) is 1. The molecule has 1 N–H and O–H groups in total. The summed E-state index contributed by atoms with van der Waals surface area (Å²) < 4.78 is 0. The van der Waals surface area contributed by atoms with Crippen LogP contribution >= 0.6 is 0 Å². The SMILES string of the molecule is O[C@@H]1C[C@H]2C[C@H]3C[C@@H]1CC23. The molecule has 1 unspecified atom stereocenters. The summed E-state index contributed by atoms with van der Waals surface area (Å²) in [6, 6.07) is 0. The maximum absolute atomic E-state index is 9.59. The zero-order chi connectivity index (χ0) is 6.72. The number of aliphatic hydroxyl groups is 1. The fraction of sp³-hybridized carbons (Fsp3) is 1.00. The molecule has 0 heterocycles. The van der Waals surface area contributed by atoms with Crippen LogP contribution in [0.5, 0.6) is 0 Å². The standard InChI is InChI=1S/C9H14O/c10-9-4-6-1-5-2-7(9)3-8(5)6/h5-10H,1-4H2/t5-,6+,7+,8?,9+/m0/s1. The number of rotatable bonds is 0. The second-order valence-corrected chi connectivity index (χ2v) is 4.45. The third-order valence-electron chi connectivity index (χ3n) is 4.09. The van der Waals surface area contributed by atoms with Gasteiger partial charge < -0.3 is 5.11 Å². The first-order valence-electron chi connectivity index (χ1n) is 4.52. The van der Waals surface area contributed by atoms with Crippen molar-refractivity contribution in [1.82, 2.24) is 0 Å². The average molecular weight is 138 g/mol. The van der Waals surface area contributed by atoms with Crippen LogP contribution in [-0.2, 0) is 0 Å². The van der Waals surface area contributed by atoms with Crippen molar-refractivity contribution in [1.29, 1.82) is 0 Å². The van der Waals surface area contributed by atoms with Gasteiger partial charge in [-0.1, -0.05) is 0 Å². The third-order valence-corrected chi connectivity index (χ3v) is 4.09. The quantitative estimate of drug-likeness (QED) is 0.536. The van der Waals surface area contributed by atoms with E-state index in [-0.39, 0.29) is 6.10 Å². The highest BCUT2D eigenvalue weighted by Gasteiger charge is 2.53. The van der Waals surface area contributed by atoms with E-state index in [0.717, 1.165) is 24.2 Å². The van der Waals surface area contributed by atoms with Crippen molar-refractivity contribution in [3.8, 4) is 0 Å². The maximum atomic E-state index is 9.59. The van der Waals surface area contributed by atoms with Gasteiger partial charge in [0.05, 0.1) is 6.10 Å². The normalized spacial score (nSPS) is 63.9. The molecule has 0 aromatic rings. The van der Waals surface area contributed by atoms with E-state index in [1.807, 2.05) is 0 Å². The van der Waals surface area contributed by atoms with E-state index in [4.69, 9.17) is 0 Å². The third kappa shape index (κ3) is 0.493. The van der Waals surface area contributed by atoms with E-state index >= 15 is 0 Å². The van der Waals surface area contributed by atoms with E-state index < -0.39 is 0 Å². The Bertz CT molecular complexity index is 164. The topological polar surface area (TPSA) is 20.2 Å². The molecule has 0 aromatic heterocycles. The van der Waals surface area contributed by atoms with Crippen molar-refractivity contribution in [2.75, 3.05) is 0 Å². The van der Waals surface area contributed by atoms with Crippen LogP contribution in [0.25, 0.3) is 0 Å². The molecule has 3 aliphatic rings. The molecule has 3 fully saturated rings. The Hall–Kier alpha value is -0.0400. The lowest BCUT2D eigenvalue weighted by molar-refractivity contribution is 0.00948. The average Bonchev–Trinajstić information content (AvgIpc) is 2.04. The van der Waals surface area contributed by atoms with Crippen LogP contribution in [0.1, 0.15) is 25.7 Å². The van der Waals surface area contributed by atoms with Gasteiger partial charge in [-0.3, -0.25) is 0 Å². The van der Waals surface area contributed by atoms with Crippen molar-refractivity contribution < 1.29 is 5.11 Å². The Morgan fingerprint density at radius 1 is 0.800 bits per heavy atom. The summed E-state index contributed by atoms with van der Waals surface area (Å²) in [6.45, 7) is 0. The van der Waals surface area contributed by atoms with Crippen LogP contribution in [0, 0.1) is 23.7 Å². The fourth-order valence-corrected chi connectivity index (χ4v) is 3.51. The molecule has 0 amide bonds. The van der Waals surface area contributed by atoms with Gasteiger partial charge in [-0.25, -0.2) is 0 Å². The predicted molar refractivity (Wildman–Crippen MR) is 38.4 cm³/mol. The van der Waals surface area contributed by atoms with E-state index in [1.54, 1.807) is 0 Å². The lowest BCUT2D eigenvalue weighted by Gasteiger charge is -2.42. The van der Waals surface area contributed by atoms with E-state index in [2.05, 4.69) is 0 Å². The summed E-state index contributed by atoms with van der Waals surface area (Å²) in [6.07, 6.45) is 5.36. The highest BCUT2D eigenvalue weighted by Crippen LogP contribution is 2.59. The lowest BCUT2D eigenvalue weighted by atomic mass is 9.63. The van der Waals surface area contributed by atoms with Gasteiger partial charge in [0.15, 0.2) is 0 Å². The number of hydrogen-bond donors (Lipinski definition) is 1. The molecule has 0 spiro atoms. The minimum absolute atomic E-state index is 0.0775. The van der Waals surface area contributed by atoms with Gasteiger partial charge in [-0.2, -0.15) is 0 Å². The Morgan fingerprint density at radius 2 is 1.50 bits per heavy atom. The molecule has 5 atom stereocenters. The van der Waals surface area contributed by atoms with Gasteiger partial charge in [0.2, 0.25) is 0 Å². The first-order chi connectivity index (χ1) is 4.84. The molecular weight excluding hydrogens is 124 g/mol. The minimum atomic E-state index is 0.0775. The monoisotopic (exact) mass is 138 g/mol. The molecule has 1 heteroatoms. The van der Waals surface area contributed by atoms with Gasteiger partial charge in [0.1, 0.15) is 0 Å². The second-order valence-electron chi connectivity index (χ2n) is 4.45. The van der Waals surface area contributed by atoms with Crippen LogP contribution < -0.4 is 0 Å². The highest BCUT2D eigenvalue weighted by molar-refractivity contribution is 5.03. The van der Waals surface area contributed by atoms with Crippen molar-refractivity contribution in [3.05, 3.63) is 0 Å². The van der Waals surface area contributed by atoms with Gasteiger partial charge in [0.25, 0.3) is 0 Å². The zero-order valence-electron chi connectivity index (χ0n) is 6.16. The Labute approximate surface area is 61.4 Å². The zero-order valence-corrected chi connectivity index (χ0v) is 6.16. The molecule has 0 radical (unpaired) electrons. The second kappa shape index (κ2) is 1.58. The molecule has 0 saturated heterocycles.